The molecule has 0 aromatic rings. The summed E-state index contributed by atoms with van der Waals surface area (Å²) in [7, 11) is 0. The Morgan fingerprint density at radius 2 is 2.35 bits per heavy atom. The van der Waals surface area contributed by atoms with Crippen molar-refractivity contribution in [2.45, 2.75) is 38.9 Å². The molecule has 0 saturated carbocycles. The number of hydrogen-bond acceptors (Lipinski definition) is 4. The summed E-state index contributed by atoms with van der Waals surface area (Å²) < 4.78 is 5.38. The van der Waals surface area contributed by atoms with Crippen molar-refractivity contribution in [3.63, 3.8) is 0 Å². The molecule has 1 aliphatic rings. The first kappa shape index (κ1) is 14.4. The monoisotopic (exact) mass is 244 g/mol. The molecule has 1 atom stereocenters. The fraction of sp³-hybridized carbons (Fsp3) is 0.917. The fourth-order valence-electron chi connectivity index (χ4n) is 1.83. The number of rotatable bonds is 7. The van der Waals surface area contributed by atoms with Gasteiger partial charge in [0.05, 0.1) is 18.8 Å². The lowest BCUT2D eigenvalue weighted by Gasteiger charge is -2.14. The molecule has 0 aliphatic carbocycles. The fourth-order valence-corrected chi connectivity index (χ4v) is 1.83. The predicted octanol–water partition coefficient (Wildman–Crippen LogP) is -0.0157. The molecule has 0 bridgehead atoms. The summed E-state index contributed by atoms with van der Waals surface area (Å²) in [4.78, 5) is 13.5. The third kappa shape index (κ3) is 6.61. The minimum atomic E-state index is -0.262. The maximum atomic E-state index is 11.5. The van der Waals surface area contributed by atoms with Crippen LogP contribution in [0.3, 0.4) is 0 Å². The van der Waals surface area contributed by atoms with Crippen LogP contribution in [0.25, 0.3) is 0 Å². The molecule has 1 rings (SSSR count). The molecule has 1 fully saturated rings. The summed E-state index contributed by atoms with van der Waals surface area (Å²) in [5.41, 5.74) is 0. The Hall–Kier alpha value is -0.650. The molecular weight excluding hydrogens is 220 g/mol. The van der Waals surface area contributed by atoms with Gasteiger partial charge in [-0.25, -0.2) is 0 Å². The Balaban J connectivity index is 1.98. The quantitative estimate of drug-likeness (QED) is 0.618. The van der Waals surface area contributed by atoms with Crippen LogP contribution in [0.5, 0.6) is 0 Å². The second-order valence-corrected chi connectivity index (χ2v) is 4.80. The first-order valence-corrected chi connectivity index (χ1v) is 6.36. The van der Waals surface area contributed by atoms with Crippen molar-refractivity contribution in [2.75, 3.05) is 32.8 Å². The van der Waals surface area contributed by atoms with Crippen LogP contribution in [0.1, 0.15) is 26.7 Å². The average Bonchev–Trinajstić information content (AvgIpc) is 2.63. The molecule has 5 heteroatoms. The minimum absolute atomic E-state index is 0.0312. The molecule has 2 N–H and O–H groups in total. The van der Waals surface area contributed by atoms with Crippen molar-refractivity contribution >= 4 is 5.91 Å². The molecule has 17 heavy (non-hydrogen) atoms. The maximum Gasteiger partial charge on any atom is 0.234 e. The van der Waals surface area contributed by atoms with Crippen molar-refractivity contribution in [3.8, 4) is 0 Å². The summed E-state index contributed by atoms with van der Waals surface area (Å²) in [5.74, 6) is 0.0312. The Kier molecular flexibility index (Phi) is 6.47. The molecule has 1 amide bonds. The van der Waals surface area contributed by atoms with E-state index in [1.807, 2.05) is 18.7 Å². The van der Waals surface area contributed by atoms with Crippen LogP contribution in [0, 0.1) is 0 Å². The van der Waals surface area contributed by atoms with E-state index in [2.05, 4.69) is 5.32 Å². The van der Waals surface area contributed by atoms with Gasteiger partial charge in [-0.05, 0) is 26.7 Å². The lowest BCUT2D eigenvalue weighted by Crippen LogP contribution is -2.37. The number of ether oxygens (including phenoxy) is 1. The van der Waals surface area contributed by atoms with Gasteiger partial charge in [-0.15, -0.1) is 0 Å². The van der Waals surface area contributed by atoms with Gasteiger partial charge in [-0.3, -0.25) is 9.69 Å². The van der Waals surface area contributed by atoms with Crippen molar-refractivity contribution in [1.82, 2.24) is 10.2 Å². The predicted molar refractivity (Wildman–Crippen MR) is 65.8 cm³/mol. The van der Waals surface area contributed by atoms with Gasteiger partial charge >= 0.3 is 0 Å². The van der Waals surface area contributed by atoms with Crippen molar-refractivity contribution in [2.24, 2.45) is 0 Å². The van der Waals surface area contributed by atoms with Crippen LogP contribution >= 0.6 is 0 Å². The number of carbonyl (C=O) groups is 1. The Labute approximate surface area is 103 Å². The first-order valence-electron chi connectivity index (χ1n) is 6.36. The van der Waals surface area contributed by atoms with Gasteiger partial charge in [0.2, 0.25) is 5.91 Å². The highest BCUT2D eigenvalue weighted by Crippen LogP contribution is 2.07. The number of carbonyl (C=O) groups excluding carboxylic acids is 1. The van der Waals surface area contributed by atoms with E-state index in [-0.39, 0.29) is 18.1 Å². The van der Waals surface area contributed by atoms with Gasteiger partial charge in [0.25, 0.3) is 0 Å². The number of nitrogens with zero attached hydrogens (tertiary/aromatic N) is 1. The van der Waals surface area contributed by atoms with Crippen LogP contribution in [-0.2, 0) is 9.53 Å². The molecule has 0 aromatic heterocycles. The summed E-state index contributed by atoms with van der Waals surface area (Å²) in [6.07, 6.45) is 1.60. The molecule has 0 aromatic carbocycles. The van der Waals surface area contributed by atoms with E-state index >= 15 is 0 Å². The van der Waals surface area contributed by atoms with E-state index in [1.54, 1.807) is 0 Å². The highest BCUT2D eigenvalue weighted by Gasteiger charge is 2.21. The van der Waals surface area contributed by atoms with Gasteiger partial charge in [0.1, 0.15) is 0 Å². The molecule has 1 saturated heterocycles. The summed E-state index contributed by atoms with van der Waals surface area (Å²) in [6, 6.07) is 0. The van der Waals surface area contributed by atoms with E-state index in [9.17, 15) is 9.90 Å². The Morgan fingerprint density at radius 3 is 2.94 bits per heavy atom. The molecule has 1 heterocycles. The minimum Gasteiger partial charge on any atom is -0.392 e. The maximum absolute atomic E-state index is 11.5. The zero-order chi connectivity index (χ0) is 12.7. The van der Waals surface area contributed by atoms with Crippen LogP contribution < -0.4 is 5.32 Å². The van der Waals surface area contributed by atoms with Gasteiger partial charge in [-0.1, -0.05) is 0 Å². The van der Waals surface area contributed by atoms with Gasteiger partial charge in [-0.2, -0.15) is 0 Å². The third-order valence-electron chi connectivity index (χ3n) is 2.71. The lowest BCUT2D eigenvalue weighted by atomic mass is 10.3. The number of likely N-dealkylation sites (tertiary alicyclic amines) is 1. The second kappa shape index (κ2) is 7.63. The molecule has 0 radical (unpaired) electrons. The van der Waals surface area contributed by atoms with E-state index in [4.69, 9.17) is 4.74 Å². The molecule has 5 nitrogen and oxygen atoms in total. The first-order chi connectivity index (χ1) is 8.08. The number of aliphatic hydroxyl groups is 1. The number of nitrogens with one attached hydrogen (secondary N) is 1. The van der Waals surface area contributed by atoms with Crippen LogP contribution in [0.2, 0.25) is 0 Å². The van der Waals surface area contributed by atoms with Crippen molar-refractivity contribution < 1.29 is 14.6 Å². The van der Waals surface area contributed by atoms with Gasteiger partial charge in [0.15, 0.2) is 0 Å². The lowest BCUT2D eigenvalue weighted by molar-refractivity contribution is -0.122. The van der Waals surface area contributed by atoms with E-state index in [0.717, 1.165) is 19.4 Å². The molecule has 1 aliphatic heterocycles. The molecular formula is C12H24N2O3. The summed E-state index contributed by atoms with van der Waals surface area (Å²) in [6.45, 7) is 7.15. The topological polar surface area (TPSA) is 61.8 Å². The highest BCUT2D eigenvalue weighted by atomic mass is 16.5. The molecule has 100 valence electrons. The van der Waals surface area contributed by atoms with E-state index in [0.29, 0.717) is 26.2 Å². The number of amides is 1. The van der Waals surface area contributed by atoms with Crippen LogP contribution in [-0.4, -0.2) is 60.9 Å². The normalized spacial score (nSPS) is 21.1. The highest BCUT2D eigenvalue weighted by molar-refractivity contribution is 5.78. The SMILES string of the molecule is CC(C)OCCCNC(=O)CN1CCC(O)C1. The van der Waals surface area contributed by atoms with Crippen molar-refractivity contribution in [3.05, 3.63) is 0 Å². The van der Waals surface area contributed by atoms with E-state index in [1.165, 1.54) is 0 Å². The van der Waals surface area contributed by atoms with Crippen molar-refractivity contribution in [1.29, 1.82) is 0 Å². The summed E-state index contributed by atoms with van der Waals surface area (Å²) in [5, 5.41) is 12.2. The number of β-amino-alcohol motifs (C(OH)–C–C–N with tert-alkyl or cyclic N) is 1. The number of aliphatic hydroxyl groups excluding tert-OH is 1. The summed E-state index contributed by atoms with van der Waals surface area (Å²) >= 11 is 0. The van der Waals surface area contributed by atoms with Crippen LogP contribution in [0.4, 0.5) is 0 Å². The van der Waals surface area contributed by atoms with E-state index < -0.39 is 0 Å². The Bertz CT molecular complexity index is 234. The zero-order valence-corrected chi connectivity index (χ0v) is 10.8. The zero-order valence-electron chi connectivity index (χ0n) is 10.8. The largest absolute Gasteiger partial charge is 0.392 e. The van der Waals surface area contributed by atoms with Gasteiger partial charge < -0.3 is 15.2 Å². The molecule has 0 spiro atoms. The smallest absolute Gasteiger partial charge is 0.234 e. The molecule has 1 unspecified atom stereocenters. The third-order valence-corrected chi connectivity index (χ3v) is 2.71. The van der Waals surface area contributed by atoms with Crippen LogP contribution in [0.15, 0.2) is 0 Å². The average molecular weight is 244 g/mol. The van der Waals surface area contributed by atoms with Gasteiger partial charge in [0, 0.05) is 26.2 Å². The standard InChI is InChI=1S/C12H24N2O3/c1-10(2)17-7-3-5-13-12(16)9-14-6-4-11(15)8-14/h10-11,15H,3-9H2,1-2H3,(H,13,16). The number of hydrogen-bond donors (Lipinski definition) is 2. The Morgan fingerprint density at radius 1 is 1.59 bits per heavy atom. The second-order valence-electron chi connectivity index (χ2n) is 4.80.